The van der Waals surface area contributed by atoms with Gasteiger partial charge in [-0.05, 0) is 17.7 Å². The topological polar surface area (TPSA) is 112 Å². The molecule has 3 rings (SSSR count). The maximum absolute atomic E-state index is 12.3. The van der Waals surface area contributed by atoms with Gasteiger partial charge in [-0.3, -0.25) is 9.35 Å². The van der Waals surface area contributed by atoms with Crippen molar-refractivity contribution in [3.63, 3.8) is 0 Å². The normalized spacial score (nSPS) is 13.0. The molecule has 0 heterocycles. The van der Waals surface area contributed by atoms with Gasteiger partial charge in [0.25, 0.3) is 10.1 Å². The third-order valence-corrected chi connectivity index (χ3v) is 4.80. The average Bonchev–Trinajstić information content (AvgIpc) is 2.74. The Morgan fingerprint density at radius 1 is 0.786 bits per heavy atom. The van der Waals surface area contributed by atoms with Crippen molar-refractivity contribution in [1.82, 2.24) is 0 Å². The van der Waals surface area contributed by atoms with Crippen LogP contribution in [0.25, 0.3) is 0 Å². The molecule has 28 heavy (non-hydrogen) atoms. The number of hydrogen-bond donors (Lipinski definition) is 3. The van der Waals surface area contributed by atoms with Crippen LogP contribution in [0.3, 0.4) is 0 Å². The second-order valence-corrected chi connectivity index (χ2v) is 7.29. The molecule has 0 aliphatic rings. The van der Waals surface area contributed by atoms with E-state index in [-0.39, 0.29) is 4.90 Å². The van der Waals surface area contributed by atoms with Gasteiger partial charge in [-0.2, -0.15) is 8.42 Å². The summed E-state index contributed by atoms with van der Waals surface area (Å²) < 4.78 is 29.2. The van der Waals surface area contributed by atoms with E-state index >= 15 is 0 Å². The zero-order valence-corrected chi connectivity index (χ0v) is 15.7. The Balaban J connectivity index is 0.000000237. The van der Waals surface area contributed by atoms with Gasteiger partial charge in [0, 0.05) is 5.56 Å². The van der Waals surface area contributed by atoms with Crippen LogP contribution in [0.2, 0.25) is 0 Å². The van der Waals surface area contributed by atoms with Crippen molar-refractivity contribution in [2.24, 2.45) is 0 Å². The molecule has 146 valence electrons. The monoisotopic (exact) mass is 400 g/mol. The summed E-state index contributed by atoms with van der Waals surface area (Å²) in [7, 11) is -4.00. The molecule has 0 aromatic heterocycles. The zero-order chi connectivity index (χ0) is 20.6. The predicted octanol–water partition coefficient (Wildman–Crippen LogP) is 2.68. The average molecular weight is 400 g/mol. The van der Waals surface area contributed by atoms with Gasteiger partial charge in [-0.25, -0.2) is 0 Å². The first kappa shape index (κ1) is 21.5. The number of aliphatic hydroxyl groups is 2. The van der Waals surface area contributed by atoms with Crippen LogP contribution < -0.4 is 0 Å². The molecule has 7 heteroatoms. The fourth-order valence-electron chi connectivity index (χ4n) is 2.43. The summed E-state index contributed by atoms with van der Waals surface area (Å²) in [5.41, 5.74) is -1.12. The van der Waals surface area contributed by atoms with Crippen LogP contribution in [0.1, 0.15) is 15.9 Å². The van der Waals surface area contributed by atoms with Crippen LogP contribution in [0, 0.1) is 0 Å². The second-order valence-electron chi connectivity index (χ2n) is 5.87. The summed E-state index contributed by atoms with van der Waals surface area (Å²) in [6, 6.07) is 24.3. The van der Waals surface area contributed by atoms with Crippen molar-refractivity contribution in [2.75, 3.05) is 6.61 Å². The van der Waals surface area contributed by atoms with Crippen molar-refractivity contribution in [2.45, 2.75) is 10.5 Å². The highest BCUT2D eigenvalue weighted by Gasteiger charge is 2.37. The van der Waals surface area contributed by atoms with Gasteiger partial charge in [0.1, 0.15) is 0 Å². The predicted molar refractivity (Wildman–Crippen MR) is 104 cm³/mol. The van der Waals surface area contributed by atoms with Crippen LogP contribution in [-0.4, -0.2) is 35.6 Å². The molecule has 3 aromatic rings. The number of Topliss-reactive ketones (excluding diaryl/α,β-unsaturated/α-hetero) is 1. The van der Waals surface area contributed by atoms with E-state index in [1.54, 1.807) is 78.9 Å². The third-order valence-electron chi connectivity index (χ3n) is 3.93. The molecule has 0 saturated heterocycles. The molecule has 0 bridgehead atoms. The highest BCUT2D eigenvalue weighted by molar-refractivity contribution is 7.85. The Kier molecular flexibility index (Phi) is 7.19. The first-order chi connectivity index (χ1) is 13.3. The minimum absolute atomic E-state index is 0.0741. The van der Waals surface area contributed by atoms with Crippen molar-refractivity contribution >= 4 is 15.9 Å². The quantitative estimate of drug-likeness (QED) is 0.448. The third kappa shape index (κ3) is 5.34. The van der Waals surface area contributed by atoms with E-state index in [4.69, 9.17) is 4.55 Å². The molecule has 0 spiro atoms. The summed E-state index contributed by atoms with van der Waals surface area (Å²) in [5.74, 6) is -0.503. The molecule has 6 nitrogen and oxygen atoms in total. The SMILES string of the molecule is O=C(c1ccccc1)C(O)(CO)c1ccccc1.O=S(=O)(O)c1ccccc1. The first-order valence-electron chi connectivity index (χ1n) is 8.30. The number of hydrogen-bond acceptors (Lipinski definition) is 5. The molecule has 0 aliphatic carbocycles. The van der Waals surface area contributed by atoms with Crippen LogP contribution in [0.5, 0.6) is 0 Å². The molecule has 0 aliphatic heterocycles. The molecule has 3 aromatic carbocycles. The minimum atomic E-state index is -4.00. The summed E-state index contributed by atoms with van der Waals surface area (Å²) in [6.07, 6.45) is 0. The molecule has 0 saturated carbocycles. The lowest BCUT2D eigenvalue weighted by Gasteiger charge is -2.24. The first-order valence-corrected chi connectivity index (χ1v) is 9.74. The standard InChI is InChI=1S/C15H14O3.C6H6O3S/c16-11-15(18,13-9-5-2-6-10-13)14(17)12-7-3-1-4-8-12;7-10(8,9)6-4-2-1-3-5-6/h1-10,16,18H,11H2;1-5H,(H,7,8,9). The molecule has 1 atom stereocenters. The molecule has 0 radical (unpaired) electrons. The number of aliphatic hydroxyl groups excluding tert-OH is 1. The van der Waals surface area contributed by atoms with Crippen LogP contribution in [0.15, 0.2) is 95.9 Å². The van der Waals surface area contributed by atoms with Gasteiger partial charge < -0.3 is 10.2 Å². The van der Waals surface area contributed by atoms with Crippen molar-refractivity contribution in [3.8, 4) is 0 Å². The van der Waals surface area contributed by atoms with E-state index in [1.165, 1.54) is 12.1 Å². The van der Waals surface area contributed by atoms with Gasteiger partial charge in [-0.15, -0.1) is 0 Å². The van der Waals surface area contributed by atoms with Gasteiger partial charge >= 0.3 is 0 Å². The van der Waals surface area contributed by atoms with Gasteiger partial charge in [0.15, 0.2) is 5.60 Å². The fraction of sp³-hybridized carbons (Fsp3) is 0.0952. The maximum Gasteiger partial charge on any atom is 0.294 e. The Morgan fingerprint density at radius 3 is 1.61 bits per heavy atom. The maximum atomic E-state index is 12.3. The highest BCUT2D eigenvalue weighted by atomic mass is 32.2. The molecule has 0 amide bonds. The second kappa shape index (κ2) is 9.38. The van der Waals surface area contributed by atoms with E-state index in [1.807, 2.05) is 0 Å². The van der Waals surface area contributed by atoms with E-state index < -0.39 is 28.1 Å². The molecule has 0 fully saturated rings. The van der Waals surface area contributed by atoms with E-state index in [2.05, 4.69) is 0 Å². The summed E-state index contributed by atoms with van der Waals surface area (Å²) in [4.78, 5) is 12.2. The Labute approximate surface area is 163 Å². The summed E-state index contributed by atoms with van der Waals surface area (Å²) in [5, 5.41) is 19.8. The largest absolute Gasteiger partial charge is 0.393 e. The lowest BCUT2D eigenvalue weighted by molar-refractivity contribution is -0.00399. The van der Waals surface area contributed by atoms with E-state index in [9.17, 15) is 23.4 Å². The van der Waals surface area contributed by atoms with Crippen LogP contribution in [-0.2, 0) is 15.7 Å². The van der Waals surface area contributed by atoms with Crippen molar-refractivity contribution < 1.29 is 28.0 Å². The van der Waals surface area contributed by atoms with Crippen LogP contribution in [0.4, 0.5) is 0 Å². The Hall–Kier alpha value is -2.84. The summed E-state index contributed by atoms with van der Waals surface area (Å²) >= 11 is 0. The lowest BCUT2D eigenvalue weighted by Crippen LogP contribution is -2.39. The summed E-state index contributed by atoms with van der Waals surface area (Å²) in [6.45, 7) is -0.648. The van der Waals surface area contributed by atoms with Crippen molar-refractivity contribution in [1.29, 1.82) is 0 Å². The zero-order valence-electron chi connectivity index (χ0n) is 14.8. The fourth-order valence-corrected chi connectivity index (χ4v) is 2.93. The van der Waals surface area contributed by atoms with Crippen molar-refractivity contribution in [3.05, 3.63) is 102 Å². The number of carbonyl (C=O) groups is 1. The Morgan fingerprint density at radius 2 is 1.21 bits per heavy atom. The highest BCUT2D eigenvalue weighted by Crippen LogP contribution is 2.25. The van der Waals surface area contributed by atoms with E-state index in [0.717, 1.165) is 0 Å². The van der Waals surface area contributed by atoms with E-state index in [0.29, 0.717) is 11.1 Å². The number of benzene rings is 3. The number of carbonyl (C=O) groups excluding carboxylic acids is 1. The lowest BCUT2D eigenvalue weighted by atomic mass is 9.87. The molecular formula is C21H20O6S. The minimum Gasteiger partial charge on any atom is -0.393 e. The molecule has 1 unspecified atom stereocenters. The molecular weight excluding hydrogens is 380 g/mol. The number of rotatable bonds is 5. The van der Waals surface area contributed by atoms with Gasteiger partial charge in [0.2, 0.25) is 5.78 Å². The smallest absolute Gasteiger partial charge is 0.294 e. The Bertz CT molecular complexity index is 989. The molecule has 3 N–H and O–H groups in total. The van der Waals surface area contributed by atoms with Crippen LogP contribution >= 0.6 is 0 Å². The van der Waals surface area contributed by atoms with Gasteiger partial charge in [-0.1, -0.05) is 78.9 Å². The number of ketones is 1. The van der Waals surface area contributed by atoms with Gasteiger partial charge in [0.05, 0.1) is 11.5 Å².